The first-order valence-electron chi connectivity index (χ1n) is 9.26. The van der Waals surface area contributed by atoms with Gasteiger partial charge in [0.05, 0.1) is 6.20 Å². The molecular formula is C19H25FN6O. The molecule has 144 valence electrons. The van der Waals surface area contributed by atoms with E-state index in [2.05, 4.69) is 32.8 Å². The van der Waals surface area contributed by atoms with E-state index in [0.29, 0.717) is 6.42 Å². The van der Waals surface area contributed by atoms with Crippen LogP contribution in [0.3, 0.4) is 0 Å². The molecule has 1 aromatic carbocycles. The summed E-state index contributed by atoms with van der Waals surface area (Å²) >= 11 is 0. The fraction of sp³-hybridized carbons (Fsp3) is 0.421. The van der Waals surface area contributed by atoms with Crippen molar-refractivity contribution in [2.75, 3.05) is 22.5 Å². The predicted octanol–water partition coefficient (Wildman–Crippen LogP) is 3.17. The molecule has 0 saturated carbocycles. The van der Waals surface area contributed by atoms with E-state index in [4.69, 9.17) is 5.73 Å². The molecule has 1 unspecified atom stereocenters. The fourth-order valence-corrected chi connectivity index (χ4v) is 3.14. The minimum Gasteiger partial charge on any atom is -0.384 e. The van der Waals surface area contributed by atoms with Crippen LogP contribution in [0.1, 0.15) is 38.2 Å². The van der Waals surface area contributed by atoms with E-state index < -0.39 is 11.7 Å². The van der Waals surface area contributed by atoms with Gasteiger partial charge in [0, 0.05) is 30.4 Å². The van der Waals surface area contributed by atoms with Crippen LogP contribution in [0.15, 0.2) is 24.4 Å². The zero-order valence-corrected chi connectivity index (χ0v) is 15.4. The molecule has 2 heterocycles. The van der Waals surface area contributed by atoms with Crippen LogP contribution in [0, 0.1) is 5.82 Å². The number of carbonyl (C=O) groups is 1. The molecule has 3 rings (SSSR count). The summed E-state index contributed by atoms with van der Waals surface area (Å²) in [7, 11) is 0. The number of nitrogens with zero attached hydrogens (tertiary/aromatic N) is 2. The molecule has 0 saturated heterocycles. The molecule has 27 heavy (non-hydrogen) atoms. The summed E-state index contributed by atoms with van der Waals surface area (Å²) in [5.74, 6) is -0.650. The van der Waals surface area contributed by atoms with Gasteiger partial charge in [0.1, 0.15) is 0 Å². The Labute approximate surface area is 158 Å². The quantitative estimate of drug-likeness (QED) is 0.539. The molecule has 7 nitrogen and oxygen atoms in total. The Morgan fingerprint density at radius 1 is 1.44 bits per heavy atom. The lowest BCUT2D eigenvalue weighted by atomic mass is 10.1. The van der Waals surface area contributed by atoms with E-state index in [0.717, 1.165) is 43.4 Å². The van der Waals surface area contributed by atoms with E-state index in [1.165, 1.54) is 5.56 Å². The molecular weight excluding hydrogens is 347 g/mol. The van der Waals surface area contributed by atoms with E-state index in [-0.39, 0.29) is 24.2 Å². The first kappa shape index (κ1) is 18.9. The Hall–Kier alpha value is -2.90. The number of hydrogen-bond donors (Lipinski definition) is 4. The van der Waals surface area contributed by atoms with Gasteiger partial charge in [0.25, 0.3) is 0 Å². The van der Waals surface area contributed by atoms with Gasteiger partial charge in [0.15, 0.2) is 11.6 Å². The lowest BCUT2D eigenvalue weighted by molar-refractivity contribution is -0.118. The van der Waals surface area contributed by atoms with Crippen molar-refractivity contribution in [1.29, 1.82) is 0 Å². The number of carbonyl (C=O) groups excluding carboxylic acids is 1. The summed E-state index contributed by atoms with van der Waals surface area (Å²) in [4.78, 5) is 19.5. The highest BCUT2D eigenvalue weighted by molar-refractivity contribution is 5.75. The van der Waals surface area contributed by atoms with Gasteiger partial charge in [-0.1, -0.05) is 25.8 Å². The van der Waals surface area contributed by atoms with E-state index in [9.17, 15) is 9.18 Å². The highest BCUT2D eigenvalue weighted by Gasteiger charge is 2.16. The number of unbranched alkanes of at least 4 members (excludes halogenated alkanes) is 1. The minimum absolute atomic E-state index is 0.0640. The molecule has 8 heteroatoms. The normalized spacial score (nSPS) is 13.6. The van der Waals surface area contributed by atoms with Crippen molar-refractivity contribution in [3.05, 3.63) is 35.8 Å². The SMILES string of the molecule is CCCCC(CC(N)=O)Nc1nc(Nc2ccc3c(c2)NCC3)ncc1F. The number of aromatic nitrogens is 2. The summed E-state index contributed by atoms with van der Waals surface area (Å²) < 4.78 is 14.2. The van der Waals surface area contributed by atoms with Gasteiger partial charge in [-0.15, -0.1) is 0 Å². The Kier molecular flexibility index (Phi) is 6.05. The predicted molar refractivity (Wildman–Crippen MR) is 105 cm³/mol. The van der Waals surface area contributed by atoms with Crippen molar-refractivity contribution in [3.8, 4) is 0 Å². The maximum atomic E-state index is 14.2. The second-order valence-electron chi connectivity index (χ2n) is 6.72. The van der Waals surface area contributed by atoms with Gasteiger partial charge in [-0.25, -0.2) is 9.37 Å². The first-order chi connectivity index (χ1) is 13.0. The van der Waals surface area contributed by atoms with Crippen LogP contribution >= 0.6 is 0 Å². The third-order valence-corrected chi connectivity index (χ3v) is 4.51. The number of halogens is 1. The van der Waals surface area contributed by atoms with Gasteiger partial charge < -0.3 is 21.7 Å². The smallest absolute Gasteiger partial charge is 0.229 e. The number of hydrogen-bond acceptors (Lipinski definition) is 6. The van der Waals surface area contributed by atoms with Crippen molar-refractivity contribution >= 4 is 29.0 Å². The maximum Gasteiger partial charge on any atom is 0.229 e. The second kappa shape index (κ2) is 8.66. The molecule has 5 N–H and O–H groups in total. The summed E-state index contributed by atoms with van der Waals surface area (Å²) in [5, 5.41) is 9.41. The summed E-state index contributed by atoms with van der Waals surface area (Å²) in [6, 6.07) is 5.72. The fourth-order valence-electron chi connectivity index (χ4n) is 3.14. The van der Waals surface area contributed by atoms with E-state index in [1.54, 1.807) is 0 Å². The zero-order chi connectivity index (χ0) is 19.2. The largest absolute Gasteiger partial charge is 0.384 e. The number of fused-ring (bicyclic) bond motifs is 1. The van der Waals surface area contributed by atoms with Crippen molar-refractivity contribution in [2.24, 2.45) is 5.73 Å². The van der Waals surface area contributed by atoms with Crippen LogP contribution in [0.5, 0.6) is 0 Å². The summed E-state index contributed by atoms with van der Waals surface area (Å²) in [5.41, 5.74) is 8.49. The first-order valence-corrected chi connectivity index (χ1v) is 9.26. The van der Waals surface area contributed by atoms with Crippen LogP contribution in [-0.4, -0.2) is 28.5 Å². The number of primary amides is 1. The number of anilines is 4. The van der Waals surface area contributed by atoms with Gasteiger partial charge in [-0.05, 0) is 30.5 Å². The van der Waals surface area contributed by atoms with Crippen molar-refractivity contribution in [1.82, 2.24) is 9.97 Å². The second-order valence-corrected chi connectivity index (χ2v) is 6.72. The van der Waals surface area contributed by atoms with Crippen LogP contribution in [0.4, 0.5) is 27.5 Å². The molecule has 1 aliphatic rings. The Morgan fingerprint density at radius 3 is 3.07 bits per heavy atom. The van der Waals surface area contributed by atoms with Gasteiger partial charge in [0.2, 0.25) is 11.9 Å². The van der Waals surface area contributed by atoms with Crippen molar-refractivity contribution in [2.45, 2.75) is 45.1 Å². The molecule has 1 aromatic heterocycles. The van der Waals surface area contributed by atoms with Crippen molar-refractivity contribution < 1.29 is 9.18 Å². The molecule has 0 radical (unpaired) electrons. The molecule has 0 aliphatic carbocycles. The maximum absolute atomic E-state index is 14.2. The Balaban J connectivity index is 1.73. The average molecular weight is 372 g/mol. The zero-order valence-electron chi connectivity index (χ0n) is 15.4. The lowest BCUT2D eigenvalue weighted by Gasteiger charge is -2.18. The third-order valence-electron chi connectivity index (χ3n) is 4.51. The standard InChI is InChI=1S/C19H25FN6O/c1-2-3-4-13(10-17(21)27)24-18-15(20)11-23-19(26-18)25-14-6-5-12-7-8-22-16(12)9-14/h5-6,9,11,13,22H,2-4,7-8,10H2,1H3,(H2,21,27)(H2,23,24,25,26). The molecule has 0 spiro atoms. The Bertz CT molecular complexity index is 813. The summed E-state index contributed by atoms with van der Waals surface area (Å²) in [6.07, 6.45) is 4.85. The van der Waals surface area contributed by atoms with E-state index in [1.807, 2.05) is 18.2 Å². The highest BCUT2D eigenvalue weighted by atomic mass is 19.1. The highest BCUT2D eigenvalue weighted by Crippen LogP contribution is 2.27. The monoisotopic (exact) mass is 372 g/mol. The van der Waals surface area contributed by atoms with E-state index >= 15 is 0 Å². The molecule has 0 fully saturated rings. The number of amides is 1. The number of nitrogens with one attached hydrogen (secondary N) is 3. The van der Waals surface area contributed by atoms with Crippen LogP contribution in [-0.2, 0) is 11.2 Å². The lowest BCUT2D eigenvalue weighted by Crippen LogP contribution is -2.28. The Morgan fingerprint density at radius 2 is 2.30 bits per heavy atom. The minimum atomic E-state index is -0.567. The van der Waals surface area contributed by atoms with Gasteiger partial charge in [-0.2, -0.15) is 4.98 Å². The molecule has 2 aromatic rings. The number of benzene rings is 1. The number of nitrogens with two attached hydrogens (primary N) is 1. The van der Waals surface area contributed by atoms with Crippen molar-refractivity contribution in [3.63, 3.8) is 0 Å². The molecule has 1 atom stereocenters. The average Bonchev–Trinajstić information content (AvgIpc) is 3.10. The van der Waals surface area contributed by atoms with Crippen LogP contribution < -0.4 is 21.7 Å². The van der Waals surface area contributed by atoms with Gasteiger partial charge in [-0.3, -0.25) is 4.79 Å². The molecule has 1 amide bonds. The van der Waals surface area contributed by atoms with Gasteiger partial charge >= 0.3 is 0 Å². The molecule has 1 aliphatic heterocycles. The molecule has 0 bridgehead atoms. The van der Waals surface area contributed by atoms with Crippen LogP contribution in [0.2, 0.25) is 0 Å². The third kappa shape index (κ3) is 5.06. The number of rotatable bonds is 9. The topological polar surface area (TPSA) is 105 Å². The van der Waals surface area contributed by atoms with Crippen LogP contribution in [0.25, 0.3) is 0 Å². The summed E-state index contributed by atoms with van der Waals surface area (Å²) in [6.45, 7) is 2.99.